The van der Waals surface area contributed by atoms with Crippen molar-refractivity contribution in [3.8, 4) is 0 Å². The highest BCUT2D eigenvalue weighted by atomic mass is 32.2. The Labute approximate surface area is 298 Å². The number of nitrogens with zero attached hydrogens (tertiary/aromatic N) is 2. The summed E-state index contributed by atoms with van der Waals surface area (Å²) in [5.74, 6) is -3.22. The lowest BCUT2D eigenvalue weighted by Crippen LogP contribution is -2.58. The van der Waals surface area contributed by atoms with Gasteiger partial charge in [-0.05, 0) is 55.6 Å². The van der Waals surface area contributed by atoms with E-state index >= 15 is 0 Å². The minimum atomic E-state index is -3.91. The van der Waals surface area contributed by atoms with Crippen molar-refractivity contribution in [3.05, 3.63) is 47.3 Å². The van der Waals surface area contributed by atoms with Gasteiger partial charge in [0.15, 0.2) is 0 Å². The first kappa shape index (κ1) is 36.8. The highest BCUT2D eigenvalue weighted by molar-refractivity contribution is 7.91. The zero-order valence-electron chi connectivity index (χ0n) is 29.4. The summed E-state index contributed by atoms with van der Waals surface area (Å²) in [6.07, 6.45) is 6.47. The summed E-state index contributed by atoms with van der Waals surface area (Å²) in [6.45, 7) is 5.75. The third-order valence-corrected chi connectivity index (χ3v) is 12.1. The van der Waals surface area contributed by atoms with Crippen LogP contribution in [-0.4, -0.2) is 83.5 Å². The Morgan fingerprint density at radius 2 is 1.84 bits per heavy atom. The number of carbonyl (C=O) groups is 5. The van der Waals surface area contributed by atoms with Gasteiger partial charge in [0.05, 0.1) is 18.3 Å². The van der Waals surface area contributed by atoms with Crippen LogP contribution in [0.1, 0.15) is 96.1 Å². The molecule has 0 aromatic heterocycles. The molecule has 278 valence electrons. The quantitative estimate of drug-likeness (QED) is 0.375. The van der Waals surface area contributed by atoms with E-state index in [-0.39, 0.29) is 50.2 Å². The fraction of sp³-hybridized carbons (Fsp3) is 0.639. The summed E-state index contributed by atoms with van der Waals surface area (Å²) in [5, 5.41) is 5.05. The van der Waals surface area contributed by atoms with Crippen LogP contribution in [0.2, 0.25) is 0 Å². The van der Waals surface area contributed by atoms with Crippen molar-refractivity contribution in [1.29, 1.82) is 0 Å². The molecule has 0 radical (unpaired) electrons. The molecule has 15 heteroatoms. The van der Waals surface area contributed by atoms with Crippen LogP contribution in [0, 0.1) is 17.2 Å². The lowest BCUT2D eigenvalue weighted by Gasteiger charge is -2.30. The summed E-state index contributed by atoms with van der Waals surface area (Å²) in [6, 6.07) is 2.49. The minimum absolute atomic E-state index is 0.0122. The Balaban J connectivity index is 1.25. The molecule has 1 aromatic carbocycles. The van der Waals surface area contributed by atoms with Gasteiger partial charge in [-0.2, -0.15) is 0 Å². The van der Waals surface area contributed by atoms with E-state index in [1.807, 2.05) is 32.9 Å². The van der Waals surface area contributed by atoms with Gasteiger partial charge >= 0.3 is 6.09 Å². The van der Waals surface area contributed by atoms with Crippen LogP contribution in [0.5, 0.6) is 0 Å². The standard InChI is InChI=1S/C36H48FN5O8S/c1-35(2,3)18-30(43)38-28-13-8-6-4-5-7-11-23-17-36(23,33(46)40-51(48,49)25-14-15-25)39-31(44)29-16-24(20-42(29)32(28)45)50-34(47)41-19-22-10-9-12-27(37)26(22)21-41/h7,9-12,23-25,28-29H,4-6,8,13-21H2,1-3H3,(H,38,43)(H,39,44)(H,40,46)/b11-7-/t23-,24+,28-,29?,36+/m0/s1. The lowest BCUT2D eigenvalue weighted by molar-refractivity contribution is -0.142. The number of hydrogen-bond acceptors (Lipinski definition) is 8. The number of ether oxygens (including phenoxy) is 1. The smallest absolute Gasteiger partial charge is 0.410 e. The van der Waals surface area contributed by atoms with Crippen molar-refractivity contribution in [2.45, 2.75) is 127 Å². The Kier molecular flexibility index (Phi) is 10.2. The van der Waals surface area contributed by atoms with E-state index in [0.29, 0.717) is 43.2 Å². The number of nitrogens with one attached hydrogen (secondary N) is 3. The number of fused-ring (bicyclic) bond motifs is 3. The summed E-state index contributed by atoms with van der Waals surface area (Å²) < 4.78 is 47.9. The predicted octanol–water partition coefficient (Wildman–Crippen LogP) is 3.17. The number of benzene rings is 1. The monoisotopic (exact) mass is 729 g/mol. The molecule has 1 saturated heterocycles. The first-order valence-corrected chi connectivity index (χ1v) is 19.5. The molecule has 13 nitrogen and oxygen atoms in total. The number of rotatable bonds is 6. The van der Waals surface area contributed by atoms with Crippen LogP contribution in [0.25, 0.3) is 0 Å². The van der Waals surface area contributed by atoms with Crippen molar-refractivity contribution in [3.63, 3.8) is 0 Å². The van der Waals surface area contributed by atoms with Gasteiger partial charge in [0, 0.05) is 30.9 Å². The zero-order valence-corrected chi connectivity index (χ0v) is 30.2. The first-order chi connectivity index (χ1) is 24.1. The molecule has 1 unspecified atom stereocenters. The molecule has 0 bridgehead atoms. The largest absolute Gasteiger partial charge is 0.444 e. The maximum Gasteiger partial charge on any atom is 0.410 e. The molecule has 5 atom stereocenters. The normalized spacial score (nSPS) is 29.0. The van der Waals surface area contributed by atoms with Gasteiger partial charge in [0.2, 0.25) is 27.7 Å². The van der Waals surface area contributed by atoms with Crippen LogP contribution >= 0.6 is 0 Å². The van der Waals surface area contributed by atoms with Gasteiger partial charge in [-0.15, -0.1) is 0 Å². The van der Waals surface area contributed by atoms with Crippen LogP contribution in [0.15, 0.2) is 30.4 Å². The highest BCUT2D eigenvalue weighted by Gasteiger charge is 2.62. The number of amides is 5. The molecular weight excluding hydrogens is 681 g/mol. The Morgan fingerprint density at radius 1 is 1.08 bits per heavy atom. The summed E-state index contributed by atoms with van der Waals surface area (Å²) in [5.41, 5.74) is -0.813. The second-order valence-corrected chi connectivity index (χ2v) is 17.8. The molecule has 5 aliphatic rings. The van der Waals surface area contributed by atoms with Crippen LogP contribution in [-0.2, 0) is 47.0 Å². The molecule has 51 heavy (non-hydrogen) atoms. The number of sulfonamides is 1. The average molecular weight is 730 g/mol. The Hall–Kier alpha value is -4.01. The lowest BCUT2D eigenvalue weighted by atomic mass is 9.91. The van der Waals surface area contributed by atoms with E-state index in [1.54, 1.807) is 12.1 Å². The van der Waals surface area contributed by atoms with Crippen LogP contribution < -0.4 is 15.4 Å². The van der Waals surface area contributed by atoms with E-state index < -0.39 is 74.5 Å². The molecule has 3 heterocycles. The predicted molar refractivity (Wildman–Crippen MR) is 183 cm³/mol. The number of halogens is 1. The molecule has 3 fully saturated rings. The molecule has 2 saturated carbocycles. The maximum atomic E-state index is 14.4. The Bertz CT molecular complexity index is 1720. The van der Waals surface area contributed by atoms with E-state index in [4.69, 9.17) is 4.74 Å². The van der Waals surface area contributed by atoms with E-state index in [9.17, 15) is 36.8 Å². The average Bonchev–Trinajstić information content (AvgIpc) is 3.93. The highest BCUT2D eigenvalue weighted by Crippen LogP contribution is 2.46. The molecule has 2 aliphatic carbocycles. The molecule has 6 rings (SSSR count). The summed E-state index contributed by atoms with van der Waals surface area (Å²) in [4.78, 5) is 71.2. The van der Waals surface area contributed by atoms with Gasteiger partial charge in [-0.3, -0.25) is 28.8 Å². The third-order valence-electron chi connectivity index (χ3n) is 10.3. The third kappa shape index (κ3) is 8.39. The Morgan fingerprint density at radius 3 is 2.55 bits per heavy atom. The fourth-order valence-electron chi connectivity index (χ4n) is 7.30. The molecule has 1 aromatic rings. The first-order valence-electron chi connectivity index (χ1n) is 17.9. The molecule has 0 spiro atoms. The van der Waals surface area contributed by atoms with Crippen molar-refractivity contribution in [2.24, 2.45) is 11.3 Å². The van der Waals surface area contributed by atoms with E-state index in [2.05, 4.69) is 15.4 Å². The fourth-order valence-corrected chi connectivity index (χ4v) is 8.67. The van der Waals surface area contributed by atoms with E-state index in [1.165, 1.54) is 15.9 Å². The van der Waals surface area contributed by atoms with Gasteiger partial charge in [0.1, 0.15) is 29.5 Å². The number of hydrogen-bond donors (Lipinski definition) is 3. The van der Waals surface area contributed by atoms with Gasteiger partial charge < -0.3 is 20.3 Å². The SMILES string of the molecule is CC(C)(C)CC(=O)N[C@H]1CCCCC/C=C\[C@H]2C[C@@]2(C(=O)NS(=O)(=O)C2CC2)NC(=O)C2C[C@@H](OC(=O)N3Cc4cccc(F)c4C3)CN2C1=O. The number of allylic oxidation sites excluding steroid dienone is 1. The topological polar surface area (TPSA) is 171 Å². The van der Waals surface area contributed by atoms with Crippen molar-refractivity contribution in [2.75, 3.05) is 6.54 Å². The summed E-state index contributed by atoms with van der Waals surface area (Å²) >= 11 is 0. The second kappa shape index (κ2) is 14.2. The maximum absolute atomic E-state index is 14.4. The second-order valence-electron chi connectivity index (χ2n) is 15.9. The van der Waals surface area contributed by atoms with E-state index in [0.717, 1.165) is 12.8 Å². The molecule has 3 N–H and O–H groups in total. The van der Waals surface area contributed by atoms with Crippen LogP contribution in [0.4, 0.5) is 9.18 Å². The van der Waals surface area contributed by atoms with Crippen molar-refractivity contribution < 1.29 is 41.5 Å². The molecular formula is C36H48FN5O8S. The zero-order chi connectivity index (χ0) is 36.7. The van der Waals surface area contributed by atoms with Crippen molar-refractivity contribution >= 4 is 39.7 Å². The molecule has 3 aliphatic heterocycles. The van der Waals surface area contributed by atoms with Gasteiger partial charge in [0.25, 0.3) is 5.91 Å². The minimum Gasteiger partial charge on any atom is -0.444 e. The number of carbonyl (C=O) groups excluding carboxylic acids is 5. The van der Waals surface area contributed by atoms with Crippen molar-refractivity contribution in [1.82, 2.24) is 25.2 Å². The van der Waals surface area contributed by atoms with Crippen LogP contribution in [0.3, 0.4) is 0 Å². The molecule has 5 amide bonds. The van der Waals surface area contributed by atoms with Gasteiger partial charge in [-0.25, -0.2) is 17.6 Å². The van der Waals surface area contributed by atoms with Gasteiger partial charge in [-0.1, -0.05) is 57.9 Å². The summed E-state index contributed by atoms with van der Waals surface area (Å²) in [7, 11) is -3.91.